The lowest BCUT2D eigenvalue weighted by Crippen LogP contribution is -2.43. The first-order chi connectivity index (χ1) is 19.5. The molecular formula is C28H27ClF4N6O2. The van der Waals surface area contributed by atoms with Gasteiger partial charge in [0.25, 0.3) is 11.5 Å². The molecule has 0 saturated carbocycles. The molecule has 0 unspecified atom stereocenters. The highest BCUT2D eigenvalue weighted by molar-refractivity contribution is 6.30. The Hall–Kier alpha value is -3.90. The van der Waals surface area contributed by atoms with Gasteiger partial charge in [-0.3, -0.25) is 9.59 Å². The number of amides is 1. The zero-order valence-electron chi connectivity index (χ0n) is 22.3. The van der Waals surface area contributed by atoms with Gasteiger partial charge in [0.15, 0.2) is 0 Å². The number of H-pyrrole nitrogens is 3. The summed E-state index contributed by atoms with van der Waals surface area (Å²) in [5.41, 5.74) is -1.77. The van der Waals surface area contributed by atoms with Crippen LogP contribution in [0.2, 0.25) is 5.02 Å². The van der Waals surface area contributed by atoms with Crippen molar-refractivity contribution < 1.29 is 22.4 Å². The van der Waals surface area contributed by atoms with Crippen molar-refractivity contribution in [3.8, 4) is 0 Å². The molecule has 13 heteroatoms. The second kappa shape index (κ2) is 11.2. The second-order valence-corrected chi connectivity index (χ2v) is 10.1. The average molecular weight is 591 g/mol. The van der Waals surface area contributed by atoms with Gasteiger partial charge < -0.3 is 24.8 Å². The third kappa shape index (κ3) is 5.53. The third-order valence-corrected chi connectivity index (χ3v) is 7.60. The fraction of sp³-hybridized carbons (Fsp3) is 0.321. The molecule has 8 nitrogen and oxygen atoms in total. The number of hydrogen-bond acceptors (Lipinski definition) is 4. The van der Waals surface area contributed by atoms with Crippen LogP contribution in [-0.4, -0.2) is 68.4 Å². The van der Waals surface area contributed by atoms with Crippen molar-refractivity contribution in [3.05, 3.63) is 95.1 Å². The van der Waals surface area contributed by atoms with Crippen molar-refractivity contribution >= 4 is 29.7 Å². The molecule has 4 heterocycles. The summed E-state index contributed by atoms with van der Waals surface area (Å²) in [5.74, 6) is -1.30. The fourth-order valence-electron chi connectivity index (χ4n) is 5.17. The van der Waals surface area contributed by atoms with Crippen molar-refractivity contribution in [2.24, 2.45) is 0 Å². The maximum Gasteiger partial charge on any atom is 0.419 e. The normalized spacial score (nSPS) is 15.0. The van der Waals surface area contributed by atoms with E-state index >= 15 is 0 Å². The monoisotopic (exact) mass is 590 g/mol. The molecule has 0 aliphatic carbocycles. The predicted octanol–water partition coefficient (Wildman–Crippen LogP) is 2.96. The van der Waals surface area contributed by atoms with Crippen LogP contribution in [0.25, 0.3) is 12.2 Å². The Morgan fingerprint density at radius 2 is 1.90 bits per heavy atom. The maximum atomic E-state index is 14.5. The number of halogens is 5. The van der Waals surface area contributed by atoms with Crippen molar-refractivity contribution in [1.29, 1.82) is 0 Å². The molecule has 41 heavy (non-hydrogen) atoms. The first-order valence-corrected chi connectivity index (χ1v) is 13.5. The number of aromatic nitrogens is 4. The molecule has 0 atom stereocenters. The van der Waals surface area contributed by atoms with Crippen molar-refractivity contribution in [2.45, 2.75) is 26.4 Å². The first kappa shape index (κ1) is 28.6. The predicted molar refractivity (Wildman–Crippen MR) is 145 cm³/mol. The highest BCUT2D eigenvalue weighted by Crippen LogP contribution is 2.38. The minimum atomic E-state index is -4.87. The molecule has 3 N–H and O–H groups in total. The summed E-state index contributed by atoms with van der Waals surface area (Å²) in [4.78, 5) is 42.2. The van der Waals surface area contributed by atoms with E-state index in [1.165, 1.54) is 29.4 Å². The van der Waals surface area contributed by atoms with Crippen LogP contribution in [0, 0.1) is 16.5 Å². The number of carbonyl (C=O) groups is 1. The van der Waals surface area contributed by atoms with Gasteiger partial charge >= 0.3 is 6.18 Å². The quantitative estimate of drug-likeness (QED) is 0.288. The van der Waals surface area contributed by atoms with Crippen LogP contribution < -0.4 is 16.1 Å². The summed E-state index contributed by atoms with van der Waals surface area (Å²) in [7, 11) is 0. The molecule has 3 aliphatic heterocycles. The van der Waals surface area contributed by atoms with Crippen LogP contribution in [0.1, 0.15) is 46.7 Å². The Labute approximate surface area is 236 Å². The molecule has 1 amide bonds. The lowest BCUT2D eigenvalue weighted by Gasteiger charge is -2.30. The van der Waals surface area contributed by atoms with E-state index in [1.54, 1.807) is 6.08 Å². The number of benzene rings is 1. The minimum absolute atomic E-state index is 0.0845. The van der Waals surface area contributed by atoms with E-state index in [9.17, 15) is 27.2 Å². The van der Waals surface area contributed by atoms with Gasteiger partial charge in [0.1, 0.15) is 11.3 Å². The number of nitrogens with one attached hydrogen (secondary N) is 3. The third-order valence-electron chi connectivity index (χ3n) is 7.31. The van der Waals surface area contributed by atoms with Crippen LogP contribution in [0.3, 0.4) is 0 Å². The Bertz CT molecular complexity index is 1860. The lowest BCUT2D eigenvalue weighted by atomic mass is 10.0. The van der Waals surface area contributed by atoms with Gasteiger partial charge in [-0.1, -0.05) is 31.5 Å². The number of fused-ring (bicyclic) bond motifs is 1. The van der Waals surface area contributed by atoms with Gasteiger partial charge in [-0.25, -0.2) is 9.37 Å². The highest BCUT2D eigenvalue weighted by Gasteiger charge is 2.43. The molecule has 1 aromatic carbocycles. The number of hydrogen-bond donors (Lipinski definition) is 3. The number of carbonyl (C=O) groups excluding carboxylic acids is 1. The summed E-state index contributed by atoms with van der Waals surface area (Å²) in [6, 6.07) is 4.02. The smallest absolute Gasteiger partial charge is 0.358 e. The molecule has 1 aromatic heterocycles. The summed E-state index contributed by atoms with van der Waals surface area (Å²) in [5, 5.41) is 0.368. The van der Waals surface area contributed by atoms with Gasteiger partial charge in [-0.05, 0) is 42.9 Å². The fourth-order valence-corrected chi connectivity index (χ4v) is 5.36. The van der Waals surface area contributed by atoms with Crippen LogP contribution in [0.5, 0.6) is 0 Å². The molecule has 0 radical (unpaired) electrons. The Morgan fingerprint density at radius 1 is 1.15 bits per heavy atom. The number of alkyl halides is 3. The van der Waals surface area contributed by atoms with Gasteiger partial charge in [-0.15, -0.1) is 0 Å². The number of likely N-dealkylation sites (N-methyl/N-ethyl adjacent to an activating group) is 1. The van der Waals surface area contributed by atoms with E-state index in [4.69, 9.17) is 11.6 Å². The van der Waals surface area contributed by atoms with Crippen LogP contribution in [0.4, 0.5) is 17.6 Å². The molecule has 0 spiro atoms. The minimum Gasteiger partial charge on any atom is -0.358 e. The van der Waals surface area contributed by atoms with Crippen molar-refractivity contribution in [3.63, 3.8) is 0 Å². The summed E-state index contributed by atoms with van der Waals surface area (Å²) < 4.78 is 57.2. The van der Waals surface area contributed by atoms with Crippen LogP contribution in [-0.2, 0) is 12.6 Å². The van der Waals surface area contributed by atoms with E-state index < -0.39 is 34.6 Å². The van der Waals surface area contributed by atoms with Crippen LogP contribution >= 0.6 is 11.6 Å². The SMILES string of the molecule is CCN(CC)CCN1CCc2[nH]c(/C=c3\c(=O)[nH]c4nc[nH]/c(=C\c5ccc(F)c(Cl)c5)c3=4)c(C(F)(F)F)c2C1=O. The summed E-state index contributed by atoms with van der Waals surface area (Å²) in [6.45, 7) is 6.64. The zero-order valence-corrected chi connectivity index (χ0v) is 23.0. The Balaban J connectivity index is 1.67. The van der Waals surface area contributed by atoms with Gasteiger partial charge in [0, 0.05) is 31.7 Å². The maximum absolute atomic E-state index is 14.5. The Morgan fingerprint density at radius 3 is 2.59 bits per heavy atom. The van der Waals surface area contributed by atoms with E-state index in [-0.39, 0.29) is 45.3 Å². The average Bonchev–Trinajstić information content (AvgIpc) is 3.46. The molecule has 2 aromatic rings. The molecule has 216 valence electrons. The van der Waals surface area contributed by atoms with Crippen LogP contribution in [0.15, 0.2) is 29.3 Å². The Kier molecular flexibility index (Phi) is 7.80. The standard InChI is InChI=1S/C28H27ClF4N6O2/c1-3-38(4-2)9-10-39-8-7-19-23(27(39)41)24(28(31,32)33)21(36-19)13-16-22-20(34-14-35-25(22)37-26(16)40)12-15-5-6-18(30)17(29)11-15/h5-6,11-14,36H,3-4,7-10H2,1-2H3,(H,34,35)(H,37,40)/b16-13-,20-12-. The number of aromatic amines is 3. The first-order valence-electron chi connectivity index (χ1n) is 13.1. The molecule has 0 saturated heterocycles. The summed E-state index contributed by atoms with van der Waals surface area (Å²) >= 11 is 5.90. The largest absolute Gasteiger partial charge is 0.419 e. The molecule has 5 rings (SSSR count). The van der Waals surface area contributed by atoms with Gasteiger partial charge in [0.2, 0.25) is 0 Å². The van der Waals surface area contributed by atoms with E-state index in [0.29, 0.717) is 24.0 Å². The van der Waals surface area contributed by atoms with E-state index in [0.717, 1.165) is 19.2 Å². The molecule has 0 bridgehead atoms. The van der Waals surface area contributed by atoms with Crippen molar-refractivity contribution in [1.82, 2.24) is 29.7 Å². The number of rotatable bonds is 7. The van der Waals surface area contributed by atoms with E-state index in [1.807, 2.05) is 13.8 Å². The highest BCUT2D eigenvalue weighted by atomic mass is 35.5. The lowest BCUT2D eigenvalue weighted by molar-refractivity contribution is -0.138. The zero-order chi connectivity index (χ0) is 29.5. The topological polar surface area (TPSA) is 101 Å². The summed E-state index contributed by atoms with van der Waals surface area (Å²) in [6.07, 6.45) is -0.665. The van der Waals surface area contributed by atoms with Gasteiger partial charge in [-0.2, -0.15) is 13.2 Å². The molecular weight excluding hydrogens is 564 g/mol. The number of nitrogens with zero attached hydrogens (tertiary/aromatic N) is 3. The second-order valence-electron chi connectivity index (χ2n) is 9.70. The molecule has 0 fully saturated rings. The van der Waals surface area contributed by atoms with E-state index in [2.05, 4.69) is 24.8 Å². The molecule has 3 aliphatic rings. The van der Waals surface area contributed by atoms with Crippen molar-refractivity contribution in [2.75, 3.05) is 32.7 Å². The van der Waals surface area contributed by atoms with Gasteiger partial charge in [0.05, 0.1) is 44.0 Å².